The summed E-state index contributed by atoms with van der Waals surface area (Å²) in [4.78, 5) is 6.49. The highest BCUT2D eigenvalue weighted by Crippen LogP contribution is 2.21. The molecule has 0 bridgehead atoms. The Morgan fingerprint density at radius 1 is 1.29 bits per heavy atom. The van der Waals surface area contributed by atoms with Crippen LogP contribution in [0.25, 0.3) is 0 Å². The average molecular weight is 306 g/mol. The van der Waals surface area contributed by atoms with Gasteiger partial charge in [-0.25, -0.2) is 4.98 Å². The number of halogens is 1. The molecular weight excluding hydrogens is 286 g/mol. The Morgan fingerprint density at radius 2 is 2.00 bits per heavy atom. The number of methoxy groups -OCH3 is 1. The molecule has 1 N–H and O–H groups in total. The summed E-state index contributed by atoms with van der Waals surface area (Å²) >= 11 is 6.14. The van der Waals surface area contributed by atoms with Gasteiger partial charge in [0.2, 0.25) is 0 Å². The molecule has 2 rings (SSSR count). The minimum Gasteiger partial charge on any atom is -0.497 e. The van der Waals surface area contributed by atoms with Crippen LogP contribution < -0.4 is 15.0 Å². The molecule has 0 fully saturated rings. The van der Waals surface area contributed by atoms with E-state index in [1.54, 1.807) is 13.3 Å². The van der Waals surface area contributed by atoms with Gasteiger partial charge in [-0.3, -0.25) is 0 Å². The van der Waals surface area contributed by atoms with Gasteiger partial charge in [-0.1, -0.05) is 23.7 Å². The maximum absolute atomic E-state index is 6.14. The van der Waals surface area contributed by atoms with Crippen LogP contribution in [0.3, 0.4) is 0 Å². The Hall–Kier alpha value is -1.78. The molecular formula is C16H20ClN3O. The lowest BCUT2D eigenvalue weighted by atomic mass is 10.2. The van der Waals surface area contributed by atoms with E-state index < -0.39 is 0 Å². The molecule has 4 nitrogen and oxygen atoms in total. The molecule has 0 unspecified atom stereocenters. The van der Waals surface area contributed by atoms with E-state index in [1.807, 2.05) is 32.3 Å². The number of rotatable bonds is 6. The second kappa shape index (κ2) is 7.29. The van der Waals surface area contributed by atoms with Crippen LogP contribution in [-0.2, 0) is 13.1 Å². The van der Waals surface area contributed by atoms with Gasteiger partial charge in [0.15, 0.2) is 0 Å². The van der Waals surface area contributed by atoms with Gasteiger partial charge in [0.05, 0.1) is 12.1 Å². The maximum atomic E-state index is 6.14. The molecule has 0 spiro atoms. The number of hydrogen-bond donors (Lipinski definition) is 1. The molecule has 21 heavy (non-hydrogen) atoms. The van der Waals surface area contributed by atoms with Gasteiger partial charge in [0.1, 0.15) is 11.6 Å². The molecule has 0 aliphatic rings. The highest BCUT2D eigenvalue weighted by Gasteiger charge is 2.07. The van der Waals surface area contributed by atoms with Crippen molar-refractivity contribution in [3.05, 3.63) is 52.7 Å². The Balaban J connectivity index is 2.11. The molecule has 0 saturated carbocycles. The maximum Gasteiger partial charge on any atom is 0.128 e. The van der Waals surface area contributed by atoms with Gasteiger partial charge >= 0.3 is 0 Å². The van der Waals surface area contributed by atoms with Crippen LogP contribution in [0, 0.1) is 0 Å². The number of nitrogens with zero attached hydrogens (tertiary/aromatic N) is 2. The molecule has 1 aromatic carbocycles. The van der Waals surface area contributed by atoms with Crippen LogP contribution >= 0.6 is 11.6 Å². The van der Waals surface area contributed by atoms with Crippen LogP contribution in [-0.4, -0.2) is 26.2 Å². The van der Waals surface area contributed by atoms with Crippen molar-refractivity contribution in [1.29, 1.82) is 0 Å². The first kappa shape index (κ1) is 15.6. The van der Waals surface area contributed by atoms with E-state index in [-0.39, 0.29) is 0 Å². The summed E-state index contributed by atoms with van der Waals surface area (Å²) in [6.45, 7) is 1.50. The number of nitrogens with one attached hydrogen (secondary N) is 1. The lowest BCUT2D eigenvalue weighted by Crippen LogP contribution is -2.18. The van der Waals surface area contributed by atoms with E-state index in [9.17, 15) is 0 Å². The summed E-state index contributed by atoms with van der Waals surface area (Å²) in [5.74, 6) is 1.77. The molecule has 1 aromatic heterocycles. The molecule has 0 atom stereocenters. The molecule has 2 aromatic rings. The fourth-order valence-electron chi connectivity index (χ4n) is 2.09. The zero-order valence-corrected chi connectivity index (χ0v) is 13.3. The minimum absolute atomic E-state index is 0.686. The Bertz CT molecular complexity index is 587. The lowest BCUT2D eigenvalue weighted by molar-refractivity contribution is 0.414. The summed E-state index contributed by atoms with van der Waals surface area (Å²) in [7, 11) is 5.59. The third kappa shape index (κ3) is 4.09. The number of benzene rings is 1. The fraction of sp³-hybridized carbons (Fsp3) is 0.312. The zero-order valence-electron chi connectivity index (χ0n) is 12.6. The predicted octanol–water partition coefficient (Wildman–Crippen LogP) is 3.10. The fourth-order valence-corrected chi connectivity index (χ4v) is 2.26. The number of hydrogen-bond acceptors (Lipinski definition) is 4. The second-order valence-electron chi connectivity index (χ2n) is 4.87. The van der Waals surface area contributed by atoms with E-state index in [0.29, 0.717) is 5.02 Å². The van der Waals surface area contributed by atoms with Crippen molar-refractivity contribution in [3.63, 3.8) is 0 Å². The number of pyridine rings is 1. The van der Waals surface area contributed by atoms with E-state index in [4.69, 9.17) is 16.3 Å². The largest absolute Gasteiger partial charge is 0.497 e. The van der Waals surface area contributed by atoms with Gasteiger partial charge in [-0.2, -0.15) is 0 Å². The lowest BCUT2D eigenvalue weighted by Gasteiger charge is -2.19. The van der Waals surface area contributed by atoms with Crippen LogP contribution in [0.1, 0.15) is 11.1 Å². The van der Waals surface area contributed by atoms with Gasteiger partial charge < -0.3 is 15.0 Å². The smallest absolute Gasteiger partial charge is 0.128 e. The third-order valence-electron chi connectivity index (χ3n) is 3.26. The van der Waals surface area contributed by atoms with Crippen LogP contribution in [0.2, 0.25) is 5.02 Å². The summed E-state index contributed by atoms with van der Waals surface area (Å²) in [5, 5.41) is 3.79. The van der Waals surface area contributed by atoms with Crippen LogP contribution in [0.15, 0.2) is 36.5 Å². The van der Waals surface area contributed by atoms with Crippen molar-refractivity contribution in [2.45, 2.75) is 13.1 Å². The van der Waals surface area contributed by atoms with Crippen molar-refractivity contribution < 1.29 is 4.74 Å². The van der Waals surface area contributed by atoms with Crippen molar-refractivity contribution in [3.8, 4) is 5.75 Å². The summed E-state index contributed by atoms with van der Waals surface area (Å²) in [5.41, 5.74) is 2.25. The van der Waals surface area contributed by atoms with Crippen molar-refractivity contribution in [2.75, 3.05) is 26.1 Å². The van der Waals surface area contributed by atoms with Gasteiger partial charge in [0.25, 0.3) is 0 Å². The highest BCUT2D eigenvalue weighted by molar-refractivity contribution is 6.31. The first-order valence-corrected chi connectivity index (χ1v) is 7.15. The average Bonchev–Trinajstić information content (AvgIpc) is 2.50. The molecule has 0 amide bonds. The molecule has 112 valence electrons. The second-order valence-corrected chi connectivity index (χ2v) is 5.28. The highest BCUT2D eigenvalue weighted by atomic mass is 35.5. The number of aromatic nitrogens is 1. The third-order valence-corrected chi connectivity index (χ3v) is 3.60. The summed E-state index contributed by atoms with van der Waals surface area (Å²) in [6.07, 6.45) is 1.70. The van der Waals surface area contributed by atoms with Crippen molar-refractivity contribution in [1.82, 2.24) is 10.3 Å². The molecule has 0 aliphatic heterocycles. The van der Waals surface area contributed by atoms with E-state index in [0.717, 1.165) is 30.2 Å². The first-order chi connectivity index (χ1) is 10.1. The van der Waals surface area contributed by atoms with Crippen molar-refractivity contribution in [2.24, 2.45) is 0 Å². The number of anilines is 1. The van der Waals surface area contributed by atoms with Crippen molar-refractivity contribution >= 4 is 17.4 Å². The quantitative estimate of drug-likeness (QED) is 0.890. The first-order valence-electron chi connectivity index (χ1n) is 6.77. The zero-order chi connectivity index (χ0) is 15.2. The SMILES string of the molecule is CNCc1cc(N(C)Cc2ccc(OC)cc2)ncc1Cl. The standard InChI is InChI=1S/C16H20ClN3O/c1-18-9-13-8-16(19-10-15(13)17)20(2)11-12-4-6-14(21-3)7-5-12/h4-8,10,18H,9,11H2,1-3H3. The van der Waals surface area contributed by atoms with Gasteiger partial charge in [0, 0.05) is 26.3 Å². The minimum atomic E-state index is 0.686. The number of ether oxygens (including phenoxy) is 1. The molecule has 0 radical (unpaired) electrons. The molecule has 1 heterocycles. The van der Waals surface area contributed by atoms with E-state index >= 15 is 0 Å². The molecule has 0 saturated heterocycles. The molecule has 0 aliphatic carbocycles. The van der Waals surface area contributed by atoms with Crippen LogP contribution in [0.5, 0.6) is 5.75 Å². The monoisotopic (exact) mass is 305 g/mol. The Kier molecular flexibility index (Phi) is 5.42. The van der Waals surface area contributed by atoms with Crippen LogP contribution in [0.4, 0.5) is 5.82 Å². The summed E-state index contributed by atoms with van der Waals surface area (Å²) in [6, 6.07) is 10.1. The van der Waals surface area contributed by atoms with Gasteiger partial charge in [-0.05, 0) is 36.4 Å². The Labute approximate surface area is 130 Å². The van der Waals surface area contributed by atoms with E-state index in [2.05, 4.69) is 27.3 Å². The normalized spacial score (nSPS) is 10.5. The topological polar surface area (TPSA) is 37.4 Å². The van der Waals surface area contributed by atoms with E-state index in [1.165, 1.54) is 5.56 Å². The predicted molar refractivity (Wildman–Crippen MR) is 87.1 cm³/mol. The molecule has 5 heteroatoms. The summed E-state index contributed by atoms with van der Waals surface area (Å²) < 4.78 is 5.17. The Morgan fingerprint density at radius 3 is 2.62 bits per heavy atom. The van der Waals surface area contributed by atoms with Gasteiger partial charge in [-0.15, -0.1) is 0 Å².